The number of methoxy groups -OCH3 is 2. The molecule has 0 amide bonds. The Labute approximate surface area is 170 Å². The van der Waals surface area contributed by atoms with Crippen LogP contribution >= 0.6 is 24.0 Å². The van der Waals surface area contributed by atoms with Crippen molar-refractivity contribution < 1.29 is 27.0 Å². The van der Waals surface area contributed by atoms with E-state index in [0.29, 0.717) is 23.3 Å². The molecule has 0 unspecified atom stereocenters. The molecule has 2 rings (SSSR count). The molecule has 0 saturated heterocycles. The van der Waals surface area contributed by atoms with E-state index in [4.69, 9.17) is 15.2 Å². The summed E-state index contributed by atoms with van der Waals surface area (Å²) < 4.78 is 62.3. The molecule has 0 aliphatic heterocycles. The Kier molecular flexibility index (Phi) is 8.13. The Morgan fingerprint density at radius 1 is 1.07 bits per heavy atom. The number of hydrogen-bond acceptors (Lipinski definition) is 3. The highest BCUT2D eigenvalue weighted by molar-refractivity contribution is 14.0. The van der Waals surface area contributed by atoms with Crippen LogP contribution in [0.2, 0.25) is 0 Å². The van der Waals surface area contributed by atoms with Gasteiger partial charge in [0, 0.05) is 11.8 Å². The zero-order chi connectivity index (χ0) is 19.3. The van der Waals surface area contributed by atoms with Crippen LogP contribution in [0.25, 0.3) is 0 Å². The molecule has 0 saturated carbocycles. The van der Waals surface area contributed by atoms with Crippen LogP contribution in [0, 0.1) is 5.82 Å². The first-order valence-electron chi connectivity index (χ1n) is 7.39. The number of anilines is 1. The first-order valence-corrected chi connectivity index (χ1v) is 7.39. The summed E-state index contributed by atoms with van der Waals surface area (Å²) in [6.45, 7) is -0.360. The van der Waals surface area contributed by atoms with E-state index >= 15 is 0 Å². The third kappa shape index (κ3) is 6.15. The van der Waals surface area contributed by atoms with E-state index in [1.54, 1.807) is 18.2 Å². The van der Waals surface area contributed by atoms with Crippen molar-refractivity contribution in [3.05, 3.63) is 53.3 Å². The highest BCUT2D eigenvalue weighted by Crippen LogP contribution is 2.33. The second-order valence-electron chi connectivity index (χ2n) is 5.20. The summed E-state index contributed by atoms with van der Waals surface area (Å²) in [5.74, 6) is -0.117. The third-order valence-corrected chi connectivity index (χ3v) is 3.45. The summed E-state index contributed by atoms with van der Waals surface area (Å²) in [5, 5.41) is 2.74. The molecule has 0 bridgehead atoms. The summed E-state index contributed by atoms with van der Waals surface area (Å²) in [6, 6.07) is 7.28. The van der Waals surface area contributed by atoms with E-state index in [1.807, 2.05) is 0 Å². The number of nitrogens with one attached hydrogen (secondary N) is 1. The Hall–Kier alpha value is -2.24. The molecule has 10 heteroatoms. The van der Waals surface area contributed by atoms with Gasteiger partial charge >= 0.3 is 6.18 Å². The first kappa shape index (κ1) is 22.8. The van der Waals surface area contributed by atoms with E-state index < -0.39 is 17.6 Å². The largest absolute Gasteiger partial charge is 0.493 e. The van der Waals surface area contributed by atoms with Crippen LogP contribution in [-0.2, 0) is 12.7 Å². The van der Waals surface area contributed by atoms with Gasteiger partial charge in [-0.25, -0.2) is 9.38 Å². The van der Waals surface area contributed by atoms with Crippen molar-refractivity contribution in [1.29, 1.82) is 0 Å². The van der Waals surface area contributed by atoms with Crippen LogP contribution in [-0.4, -0.2) is 20.2 Å². The molecule has 5 nitrogen and oxygen atoms in total. The number of halogens is 5. The molecule has 0 spiro atoms. The number of alkyl halides is 3. The molecule has 2 aromatic carbocycles. The lowest BCUT2D eigenvalue weighted by Crippen LogP contribution is -2.23. The van der Waals surface area contributed by atoms with Crippen molar-refractivity contribution in [3.63, 3.8) is 0 Å². The SMILES string of the molecule is COc1ccc(NC(N)=NCc2ccc(F)cc2C(F)(F)F)cc1OC.I. The predicted molar refractivity (Wildman–Crippen MR) is 105 cm³/mol. The van der Waals surface area contributed by atoms with Crippen LogP contribution in [0.4, 0.5) is 23.2 Å². The van der Waals surface area contributed by atoms with E-state index in [0.717, 1.165) is 12.1 Å². The van der Waals surface area contributed by atoms with E-state index in [9.17, 15) is 17.6 Å². The Morgan fingerprint density at radius 3 is 2.33 bits per heavy atom. The monoisotopic (exact) mass is 499 g/mol. The molecule has 0 radical (unpaired) electrons. The summed E-state index contributed by atoms with van der Waals surface area (Å²) in [5.41, 5.74) is 4.96. The van der Waals surface area contributed by atoms with Gasteiger partial charge in [0.05, 0.1) is 26.3 Å². The maximum atomic E-state index is 13.1. The lowest BCUT2D eigenvalue weighted by Gasteiger charge is -2.13. The van der Waals surface area contributed by atoms with Gasteiger partial charge in [-0.15, -0.1) is 24.0 Å². The Morgan fingerprint density at radius 2 is 1.74 bits per heavy atom. The number of aliphatic imine (C=N–C) groups is 1. The molecule has 0 atom stereocenters. The third-order valence-electron chi connectivity index (χ3n) is 3.45. The molecular weight excluding hydrogens is 481 g/mol. The first-order chi connectivity index (χ1) is 12.2. The Balaban J connectivity index is 0.00000364. The summed E-state index contributed by atoms with van der Waals surface area (Å²) in [4.78, 5) is 3.88. The van der Waals surface area contributed by atoms with Crippen LogP contribution in [0.1, 0.15) is 11.1 Å². The normalized spacial score (nSPS) is 11.6. The maximum Gasteiger partial charge on any atom is 0.416 e. The van der Waals surface area contributed by atoms with Gasteiger partial charge in [-0.3, -0.25) is 0 Å². The van der Waals surface area contributed by atoms with Crippen molar-refractivity contribution in [2.24, 2.45) is 10.7 Å². The number of hydrogen-bond donors (Lipinski definition) is 2. The topological polar surface area (TPSA) is 68.9 Å². The van der Waals surface area contributed by atoms with Crippen molar-refractivity contribution in [1.82, 2.24) is 0 Å². The molecule has 0 heterocycles. The molecule has 0 aromatic heterocycles. The number of nitrogens with two attached hydrogens (primary N) is 1. The number of guanidine groups is 1. The van der Waals surface area contributed by atoms with Crippen LogP contribution in [0.5, 0.6) is 11.5 Å². The second-order valence-corrected chi connectivity index (χ2v) is 5.20. The lowest BCUT2D eigenvalue weighted by molar-refractivity contribution is -0.138. The van der Waals surface area contributed by atoms with Crippen molar-refractivity contribution in [3.8, 4) is 11.5 Å². The summed E-state index contributed by atoms with van der Waals surface area (Å²) >= 11 is 0. The second kappa shape index (κ2) is 9.62. The highest BCUT2D eigenvalue weighted by atomic mass is 127. The van der Waals surface area contributed by atoms with Gasteiger partial charge in [0.15, 0.2) is 17.5 Å². The standard InChI is InChI=1S/C17H17F4N3O2.HI/c1-25-14-6-5-12(8-15(14)26-2)24-16(22)23-9-10-3-4-11(18)7-13(10)17(19,20)21;/h3-8H,9H2,1-2H3,(H3,22,23,24);1H. The van der Waals surface area contributed by atoms with Gasteiger partial charge in [0.2, 0.25) is 0 Å². The average molecular weight is 499 g/mol. The van der Waals surface area contributed by atoms with Gasteiger partial charge in [-0.1, -0.05) is 6.07 Å². The molecule has 2 aromatic rings. The minimum Gasteiger partial charge on any atom is -0.493 e. The quantitative estimate of drug-likeness (QED) is 0.277. The Bertz CT molecular complexity index is 813. The van der Waals surface area contributed by atoms with Gasteiger partial charge in [0.1, 0.15) is 5.82 Å². The molecule has 0 fully saturated rings. The maximum absolute atomic E-state index is 13.1. The predicted octanol–water partition coefficient (Wildman–Crippen LogP) is 4.41. The van der Waals surface area contributed by atoms with Gasteiger partial charge in [0.25, 0.3) is 0 Å². The summed E-state index contributed by atoms with van der Waals surface area (Å²) in [7, 11) is 2.95. The lowest BCUT2D eigenvalue weighted by atomic mass is 10.1. The van der Waals surface area contributed by atoms with E-state index in [-0.39, 0.29) is 42.0 Å². The van der Waals surface area contributed by atoms with Gasteiger partial charge in [-0.2, -0.15) is 13.2 Å². The minimum absolute atomic E-state index is 0. The van der Waals surface area contributed by atoms with E-state index in [2.05, 4.69) is 10.3 Å². The minimum atomic E-state index is -4.68. The van der Waals surface area contributed by atoms with Gasteiger partial charge in [-0.05, 0) is 29.8 Å². The smallest absolute Gasteiger partial charge is 0.416 e. The number of rotatable bonds is 5. The zero-order valence-electron chi connectivity index (χ0n) is 14.4. The zero-order valence-corrected chi connectivity index (χ0v) is 16.8. The average Bonchev–Trinajstić information content (AvgIpc) is 2.59. The fraction of sp³-hybridized carbons (Fsp3) is 0.235. The van der Waals surface area contributed by atoms with E-state index in [1.165, 1.54) is 14.2 Å². The van der Waals surface area contributed by atoms with Crippen molar-refractivity contribution in [2.45, 2.75) is 12.7 Å². The highest BCUT2D eigenvalue weighted by Gasteiger charge is 2.33. The number of nitrogens with zero attached hydrogens (tertiary/aromatic N) is 1. The molecule has 3 N–H and O–H groups in total. The molecular formula is C17H18F4IN3O2. The van der Waals surface area contributed by atoms with Crippen LogP contribution < -0.4 is 20.5 Å². The molecule has 0 aliphatic carbocycles. The van der Waals surface area contributed by atoms with Crippen LogP contribution in [0.15, 0.2) is 41.4 Å². The fourth-order valence-electron chi connectivity index (χ4n) is 2.22. The molecule has 0 aliphatic rings. The summed E-state index contributed by atoms with van der Waals surface area (Å²) in [6.07, 6.45) is -4.68. The number of ether oxygens (including phenoxy) is 2. The molecule has 27 heavy (non-hydrogen) atoms. The fourth-order valence-corrected chi connectivity index (χ4v) is 2.22. The van der Waals surface area contributed by atoms with Crippen molar-refractivity contribution >= 4 is 35.6 Å². The van der Waals surface area contributed by atoms with Gasteiger partial charge < -0.3 is 20.5 Å². The van der Waals surface area contributed by atoms with Crippen molar-refractivity contribution in [2.75, 3.05) is 19.5 Å². The van der Waals surface area contributed by atoms with Crippen LogP contribution in [0.3, 0.4) is 0 Å². The molecule has 148 valence electrons. The number of benzene rings is 2.